The lowest BCUT2D eigenvalue weighted by Gasteiger charge is -2.14. The van der Waals surface area contributed by atoms with Gasteiger partial charge < -0.3 is 24.7 Å². The largest absolute Gasteiger partial charge is 0.462 e. The van der Waals surface area contributed by atoms with Crippen LogP contribution in [0.2, 0.25) is 0 Å². The summed E-state index contributed by atoms with van der Waals surface area (Å²) < 4.78 is 21.0. The number of carbonyl (C=O) groups is 1. The molecule has 0 spiro atoms. The summed E-state index contributed by atoms with van der Waals surface area (Å²) in [6, 6.07) is -0.568. The molecule has 1 atom stereocenters. The van der Waals surface area contributed by atoms with Crippen molar-refractivity contribution < 1.29 is 23.7 Å². The second-order valence-corrected chi connectivity index (χ2v) is 5.13. The summed E-state index contributed by atoms with van der Waals surface area (Å²) in [4.78, 5) is 11.4. The van der Waals surface area contributed by atoms with Crippen LogP contribution >= 0.6 is 0 Å². The van der Waals surface area contributed by atoms with Crippen molar-refractivity contribution in [3.05, 3.63) is 0 Å². The fraction of sp³-hybridized carbons (Fsp3) is 0.933. The predicted molar refractivity (Wildman–Crippen MR) is 81.1 cm³/mol. The van der Waals surface area contributed by atoms with Gasteiger partial charge in [-0.2, -0.15) is 0 Å². The molecule has 0 aromatic heterocycles. The van der Waals surface area contributed by atoms with Crippen molar-refractivity contribution in [2.24, 2.45) is 11.7 Å². The second kappa shape index (κ2) is 14.3. The zero-order valence-corrected chi connectivity index (χ0v) is 13.6. The van der Waals surface area contributed by atoms with Crippen molar-refractivity contribution in [3.8, 4) is 0 Å². The van der Waals surface area contributed by atoms with E-state index in [0.29, 0.717) is 33.0 Å². The van der Waals surface area contributed by atoms with E-state index in [-0.39, 0.29) is 18.5 Å². The van der Waals surface area contributed by atoms with Crippen molar-refractivity contribution in [3.63, 3.8) is 0 Å². The molecule has 0 radical (unpaired) electrons. The SMILES string of the molecule is CCCCOCCOCCOCCOC(=O)[C@H](N)C(C)C. The summed E-state index contributed by atoms with van der Waals surface area (Å²) >= 11 is 0. The lowest BCUT2D eigenvalue weighted by molar-refractivity contribution is -0.148. The number of esters is 1. The van der Waals surface area contributed by atoms with E-state index in [9.17, 15) is 4.79 Å². The topological polar surface area (TPSA) is 80.0 Å². The summed E-state index contributed by atoms with van der Waals surface area (Å²) in [6.45, 7) is 9.43. The van der Waals surface area contributed by atoms with Gasteiger partial charge in [-0.3, -0.25) is 4.79 Å². The highest BCUT2D eigenvalue weighted by Crippen LogP contribution is 2.00. The summed E-state index contributed by atoms with van der Waals surface area (Å²) in [5.41, 5.74) is 5.65. The van der Waals surface area contributed by atoms with E-state index >= 15 is 0 Å². The highest BCUT2D eigenvalue weighted by Gasteiger charge is 2.18. The molecule has 126 valence electrons. The Balaban J connectivity index is 3.21. The molecule has 0 aliphatic rings. The van der Waals surface area contributed by atoms with Crippen LogP contribution in [0.3, 0.4) is 0 Å². The van der Waals surface area contributed by atoms with Gasteiger partial charge in [0.2, 0.25) is 0 Å². The Morgan fingerprint density at radius 2 is 1.38 bits per heavy atom. The van der Waals surface area contributed by atoms with Gasteiger partial charge in [0.25, 0.3) is 0 Å². The number of rotatable bonds is 14. The molecule has 0 aromatic rings. The molecule has 0 amide bonds. The maximum atomic E-state index is 11.4. The smallest absolute Gasteiger partial charge is 0.323 e. The Kier molecular flexibility index (Phi) is 13.8. The molecule has 21 heavy (non-hydrogen) atoms. The molecule has 0 fully saturated rings. The Hall–Kier alpha value is -0.690. The Morgan fingerprint density at radius 1 is 0.905 bits per heavy atom. The zero-order valence-electron chi connectivity index (χ0n) is 13.6. The number of hydrogen-bond donors (Lipinski definition) is 1. The molecule has 0 aromatic carbocycles. The van der Waals surface area contributed by atoms with Crippen molar-refractivity contribution in [2.45, 2.75) is 39.7 Å². The number of hydrogen-bond acceptors (Lipinski definition) is 6. The van der Waals surface area contributed by atoms with Crippen LogP contribution in [-0.2, 0) is 23.7 Å². The predicted octanol–water partition coefficient (Wildman–Crippen LogP) is 1.36. The fourth-order valence-electron chi connectivity index (χ4n) is 1.36. The molecule has 0 saturated heterocycles. The lowest BCUT2D eigenvalue weighted by Crippen LogP contribution is -2.37. The van der Waals surface area contributed by atoms with Crippen LogP contribution in [0.15, 0.2) is 0 Å². The van der Waals surface area contributed by atoms with Gasteiger partial charge in [-0.25, -0.2) is 0 Å². The normalized spacial score (nSPS) is 12.6. The maximum absolute atomic E-state index is 11.4. The summed E-state index contributed by atoms with van der Waals surface area (Å²) in [5, 5.41) is 0. The van der Waals surface area contributed by atoms with E-state index in [1.54, 1.807) is 0 Å². The van der Waals surface area contributed by atoms with Gasteiger partial charge in [0.1, 0.15) is 12.6 Å². The van der Waals surface area contributed by atoms with Gasteiger partial charge in [0.15, 0.2) is 0 Å². The zero-order chi connectivity index (χ0) is 15.9. The fourth-order valence-corrected chi connectivity index (χ4v) is 1.36. The van der Waals surface area contributed by atoms with Crippen molar-refractivity contribution >= 4 is 5.97 Å². The highest BCUT2D eigenvalue weighted by molar-refractivity contribution is 5.75. The van der Waals surface area contributed by atoms with Gasteiger partial charge >= 0.3 is 5.97 Å². The van der Waals surface area contributed by atoms with E-state index in [0.717, 1.165) is 19.4 Å². The summed E-state index contributed by atoms with van der Waals surface area (Å²) in [7, 11) is 0. The Morgan fingerprint density at radius 3 is 1.86 bits per heavy atom. The van der Waals surface area contributed by atoms with E-state index in [1.165, 1.54) is 0 Å². The minimum absolute atomic E-state index is 0.0753. The first-order valence-electron chi connectivity index (χ1n) is 7.75. The van der Waals surface area contributed by atoms with Crippen molar-refractivity contribution in [1.29, 1.82) is 0 Å². The lowest BCUT2D eigenvalue weighted by atomic mass is 10.1. The van der Waals surface area contributed by atoms with Crippen LogP contribution < -0.4 is 5.73 Å². The number of carbonyl (C=O) groups excluding carboxylic acids is 1. The van der Waals surface area contributed by atoms with Crippen LogP contribution in [0, 0.1) is 5.92 Å². The highest BCUT2D eigenvalue weighted by atomic mass is 16.6. The average molecular weight is 305 g/mol. The molecule has 2 N–H and O–H groups in total. The first-order chi connectivity index (χ1) is 10.1. The van der Waals surface area contributed by atoms with Crippen molar-refractivity contribution in [1.82, 2.24) is 0 Å². The molecule has 0 unspecified atom stereocenters. The third-order valence-electron chi connectivity index (χ3n) is 2.85. The van der Waals surface area contributed by atoms with Crippen LogP contribution in [-0.4, -0.2) is 58.3 Å². The Labute approximate surface area is 128 Å². The Bertz CT molecular complexity index is 248. The van der Waals surface area contributed by atoms with Crippen LogP contribution in [0.4, 0.5) is 0 Å². The standard InChI is InChI=1S/C15H31NO5/c1-4-5-6-18-7-8-19-9-10-20-11-12-21-15(17)14(16)13(2)3/h13-14H,4-12,16H2,1-3H3/t14-/m1/s1. The van der Waals surface area contributed by atoms with Crippen LogP contribution in [0.25, 0.3) is 0 Å². The van der Waals surface area contributed by atoms with Crippen LogP contribution in [0.1, 0.15) is 33.6 Å². The number of ether oxygens (including phenoxy) is 4. The van der Waals surface area contributed by atoms with Gasteiger partial charge in [0, 0.05) is 6.61 Å². The molecule has 0 rings (SSSR count). The monoisotopic (exact) mass is 305 g/mol. The molecule has 0 heterocycles. The third-order valence-corrected chi connectivity index (χ3v) is 2.85. The van der Waals surface area contributed by atoms with E-state index in [1.807, 2.05) is 13.8 Å². The average Bonchev–Trinajstić information content (AvgIpc) is 2.47. The number of unbranched alkanes of at least 4 members (excludes halogenated alkanes) is 1. The molecule has 6 heteroatoms. The van der Waals surface area contributed by atoms with Gasteiger partial charge in [-0.1, -0.05) is 27.2 Å². The molecule has 0 aliphatic heterocycles. The summed E-state index contributed by atoms with van der Waals surface area (Å²) in [6.07, 6.45) is 2.23. The van der Waals surface area contributed by atoms with E-state index in [2.05, 4.69) is 6.92 Å². The molecule has 0 bridgehead atoms. The molecular formula is C15H31NO5. The second-order valence-electron chi connectivity index (χ2n) is 5.13. The van der Waals surface area contributed by atoms with Crippen molar-refractivity contribution in [2.75, 3.05) is 46.2 Å². The number of nitrogens with two attached hydrogens (primary N) is 1. The summed E-state index contributed by atoms with van der Waals surface area (Å²) in [5.74, 6) is -0.305. The first-order valence-corrected chi connectivity index (χ1v) is 7.75. The molecule has 0 saturated carbocycles. The van der Waals surface area contributed by atoms with Gasteiger partial charge in [-0.05, 0) is 12.3 Å². The van der Waals surface area contributed by atoms with Gasteiger partial charge in [-0.15, -0.1) is 0 Å². The minimum atomic E-state index is -0.568. The van der Waals surface area contributed by atoms with Gasteiger partial charge in [0.05, 0.1) is 33.0 Å². The molecule has 0 aliphatic carbocycles. The molecular weight excluding hydrogens is 274 g/mol. The first kappa shape index (κ1) is 20.3. The van der Waals surface area contributed by atoms with E-state index in [4.69, 9.17) is 24.7 Å². The minimum Gasteiger partial charge on any atom is -0.462 e. The quantitative estimate of drug-likeness (QED) is 0.385. The third kappa shape index (κ3) is 12.7. The van der Waals surface area contributed by atoms with E-state index < -0.39 is 6.04 Å². The molecule has 6 nitrogen and oxygen atoms in total. The maximum Gasteiger partial charge on any atom is 0.323 e. The van der Waals surface area contributed by atoms with Crippen LogP contribution in [0.5, 0.6) is 0 Å².